The van der Waals surface area contributed by atoms with Crippen LogP contribution in [0.1, 0.15) is 37.0 Å². The third kappa shape index (κ3) is 7.59. The molecule has 0 radical (unpaired) electrons. The number of para-hydroxylation sites is 2. The normalized spacial score (nSPS) is 14.2. The first kappa shape index (κ1) is 27.6. The second-order valence-electron chi connectivity index (χ2n) is 10.7. The first-order chi connectivity index (χ1) is 19.7. The molecule has 1 saturated heterocycles. The van der Waals surface area contributed by atoms with Gasteiger partial charge in [-0.05, 0) is 43.0 Å². The topological polar surface area (TPSA) is 44.3 Å². The number of benzene rings is 4. The Morgan fingerprint density at radius 3 is 1.82 bits per heavy atom. The molecule has 40 heavy (non-hydrogen) atoms. The SMILES string of the molecule is Cc1ccccc1.O=c1[nH]c2ccccc2n1C1CCN(CCN(Cc2ccccc2)Cc2ccccc2)CC1.[HH]. The number of nitrogens with zero attached hydrogens (tertiary/aromatic N) is 3. The maximum atomic E-state index is 12.6. The van der Waals surface area contributed by atoms with E-state index in [4.69, 9.17) is 0 Å². The van der Waals surface area contributed by atoms with E-state index in [1.807, 2.05) is 47.0 Å². The minimum Gasteiger partial charge on any atom is -0.306 e. The highest BCUT2D eigenvalue weighted by Crippen LogP contribution is 2.25. The highest BCUT2D eigenvalue weighted by Gasteiger charge is 2.23. The molecule has 5 aromatic rings. The van der Waals surface area contributed by atoms with Crippen LogP contribution in [0.25, 0.3) is 11.0 Å². The minimum absolute atomic E-state index is 0. The first-order valence-corrected chi connectivity index (χ1v) is 14.4. The van der Waals surface area contributed by atoms with Crippen molar-refractivity contribution in [2.45, 2.75) is 38.9 Å². The lowest BCUT2D eigenvalue weighted by Crippen LogP contribution is -2.41. The summed E-state index contributed by atoms with van der Waals surface area (Å²) in [7, 11) is 0. The van der Waals surface area contributed by atoms with E-state index in [1.165, 1.54) is 16.7 Å². The summed E-state index contributed by atoms with van der Waals surface area (Å²) >= 11 is 0. The predicted octanol–water partition coefficient (Wildman–Crippen LogP) is 6.91. The van der Waals surface area contributed by atoms with Crippen LogP contribution >= 0.6 is 0 Å². The summed E-state index contributed by atoms with van der Waals surface area (Å²) in [6.45, 7) is 8.13. The number of imidazole rings is 1. The van der Waals surface area contributed by atoms with E-state index in [2.05, 4.69) is 94.5 Å². The second kappa shape index (κ2) is 13.9. The van der Waals surface area contributed by atoms with Crippen molar-refractivity contribution in [3.63, 3.8) is 0 Å². The van der Waals surface area contributed by atoms with Crippen molar-refractivity contribution in [2.24, 2.45) is 0 Å². The maximum Gasteiger partial charge on any atom is 0.326 e. The summed E-state index contributed by atoms with van der Waals surface area (Å²) in [6, 6.07) is 40.0. The van der Waals surface area contributed by atoms with Gasteiger partial charge < -0.3 is 9.88 Å². The van der Waals surface area contributed by atoms with Crippen LogP contribution in [-0.2, 0) is 13.1 Å². The van der Waals surface area contributed by atoms with Crippen LogP contribution in [0.15, 0.2) is 120 Å². The Balaban J connectivity index is 0.000000425. The smallest absolute Gasteiger partial charge is 0.306 e. The summed E-state index contributed by atoms with van der Waals surface area (Å²) in [5, 5.41) is 0. The molecular formula is C35H42N4O. The Hall–Kier alpha value is -3.93. The molecule has 0 unspecified atom stereocenters. The Kier molecular flexibility index (Phi) is 9.62. The van der Waals surface area contributed by atoms with E-state index in [-0.39, 0.29) is 13.2 Å². The largest absolute Gasteiger partial charge is 0.326 e. The van der Waals surface area contributed by atoms with Gasteiger partial charge in [-0.1, -0.05) is 109 Å². The van der Waals surface area contributed by atoms with Gasteiger partial charge in [0.1, 0.15) is 0 Å². The van der Waals surface area contributed by atoms with Crippen LogP contribution < -0.4 is 5.69 Å². The fourth-order valence-corrected chi connectivity index (χ4v) is 5.55. The number of fused-ring (bicyclic) bond motifs is 1. The number of nitrogens with one attached hydrogen (secondary N) is 1. The molecule has 0 amide bonds. The number of H-pyrrole nitrogens is 1. The van der Waals surface area contributed by atoms with Gasteiger partial charge in [0.05, 0.1) is 11.0 Å². The number of likely N-dealkylation sites (tertiary alicyclic amines) is 1. The van der Waals surface area contributed by atoms with Gasteiger partial charge in [0.15, 0.2) is 0 Å². The van der Waals surface area contributed by atoms with Crippen LogP contribution in [0.4, 0.5) is 0 Å². The van der Waals surface area contributed by atoms with Gasteiger partial charge in [-0.3, -0.25) is 9.47 Å². The van der Waals surface area contributed by atoms with Crippen LogP contribution in [0.3, 0.4) is 0 Å². The number of piperidine rings is 1. The molecule has 6 rings (SSSR count). The zero-order valence-electron chi connectivity index (χ0n) is 23.5. The van der Waals surface area contributed by atoms with Crippen molar-refractivity contribution in [3.05, 3.63) is 142 Å². The van der Waals surface area contributed by atoms with Crippen molar-refractivity contribution in [2.75, 3.05) is 26.2 Å². The third-order valence-corrected chi connectivity index (χ3v) is 7.72. The fourth-order valence-electron chi connectivity index (χ4n) is 5.55. The molecule has 5 nitrogen and oxygen atoms in total. The zero-order chi connectivity index (χ0) is 27.6. The Morgan fingerprint density at radius 2 is 1.27 bits per heavy atom. The van der Waals surface area contributed by atoms with Crippen LogP contribution in [0, 0.1) is 6.92 Å². The highest BCUT2D eigenvalue weighted by molar-refractivity contribution is 5.75. The average Bonchev–Trinajstić information content (AvgIpc) is 3.33. The van der Waals surface area contributed by atoms with Gasteiger partial charge in [0.25, 0.3) is 0 Å². The quantitative estimate of drug-likeness (QED) is 0.235. The van der Waals surface area contributed by atoms with E-state index in [0.717, 1.165) is 63.1 Å². The number of rotatable bonds is 8. The number of hydrogen-bond acceptors (Lipinski definition) is 3. The first-order valence-electron chi connectivity index (χ1n) is 14.4. The van der Waals surface area contributed by atoms with Crippen molar-refractivity contribution in [3.8, 4) is 0 Å². The molecule has 0 atom stereocenters. The highest BCUT2D eigenvalue weighted by atomic mass is 16.1. The van der Waals surface area contributed by atoms with Crippen molar-refractivity contribution in [1.82, 2.24) is 19.4 Å². The molecule has 1 fully saturated rings. The van der Waals surface area contributed by atoms with Gasteiger partial charge in [-0.2, -0.15) is 0 Å². The van der Waals surface area contributed by atoms with Crippen molar-refractivity contribution < 1.29 is 1.43 Å². The molecule has 0 saturated carbocycles. The molecular weight excluding hydrogens is 492 g/mol. The van der Waals surface area contributed by atoms with Gasteiger partial charge in [-0.25, -0.2) is 4.79 Å². The molecule has 1 aromatic heterocycles. The van der Waals surface area contributed by atoms with Crippen molar-refractivity contribution in [1.29, 1.82) is 0 Å². The van der Waals surface area contributed by atoms with Crippen LogP contribution in [-0.4, -0.2) is 45.5 Å². The maximum absolute atomic E-state index is 12.6. The fraction of sp³-hybridized carbons (Fsp3) is 0.286. The van der Waals surface area contributed by atoms with Gasteiger partial charge in [0.2, 0.25) is 0 Å². The minimum atomic E-state index is 0. The lowest BCUT2D eigenvalue weighted by molar-refractivity contribution is 0.152. The number of hydrogen-bond donors (Lipinski definition) is 1. The van der Waals surface area contributed by atoms with Crippen LogP contribution in [0.5, 0.6) is 0 Å². The molecule has 1 N–H and O–H groups in total. The molecule has 0 bridgehead atoms. The predicted molar refractivity (Wildman–Crippen MR) is 168 cm³/mol. The zero-order valence-corrected chi connectivity index (χ0v) is 23.5. The standard InChI is InChI=1S/C28H32N4O.C7H8.H2/c33-28-29-26-13-7-8-14-27(26)32(28)25-15-17-30(18-16-25)19-20-31(21-23-9-3-1-4-10-23)22-24-11-5-2-6-12-24;1-7-5-3-2-4-6-7;/h1-14,25H,15-22H2,(H,29,33);2-6H,1H3;1H. The van der Waals surface area contributed by atoms with E-state index in [9.17, 15) is 4.79 Å². The van der Waals surface area contributed by atoms with Crippen molar-refractivity contribution >= 4 is 11.0 Å². The second-order valence-corrected chi connectivity index (χ2v) is 10.7. The summed E-state index contributed by atoms with van der Waals surface area (Å²) in [4.78, 5) is 20.7. The lowest BCUT2D eigenvalue weighted by atomic mass is 10.0. The summed E-state index contributed by atoms with van der Waals surface area (Å²) in [6.07, 6.45) is 2.03. The molecule has 4 aromatic carbocycles. The van der Waals surface area contributed by atoms with Gasteiger partial charge >= 0.3 is 5.69 Å². The molecule has 0 aliphatic carbocycles. The molecule has 5 heteroatoms. The van der Waals surface area contributed by atoms with E-state index < -0.39 is 0 Å². The Morgan fingerprint density at radius 1 is 0.750 bits per heavy atom. The Bertz CT molecular complexity index is 1450. The number of aromatic amines is 1. The summed E-state index contributed by atoms with van der Waals surface area (Å²) in [5.41, 5.74) is 6.01. The molecule has 1 aliphatic heterocycles. The number of aryl methyl sites for hydroxylation is 1. The summed E-state index contributed by atoms with van der Waals surface area (Å²) < 4.78 is 1.98. The van der Waals surface area contributed by atoms with E-state index in [1.54, 1.807) is 0 Å². The molecule has 2 heterocycles. The summed E-state index contributed by atoms with van der Waals surface area (Å²) in [5.74, 6) is 0. The van der Waals surface area contributed by atoms with Gasteiger partial charge in [-0.15, -0.1) is 0 Å². The molecule has 208 valence electrons. The average molecular weight is 535 g/mol. The van der Waals surface area contributed by atoms with E-state index in [0.29, 0.717) is 0 Å². The number of aromatic nitrogens is 2. The Labute approximate surface area is 239 Å². The third-order valence-electron chi connectivity index (χ3n) is 7.72. The molecule has 1 aliphatic rings. The molecule has 0 spiro atoms. The van der Waals surface area contributed by atoms with Gasteiger partial charge in [0, 0.05) is 46.7 Å². The monoisotopic (exact) mass is 534 g/mol. The van der Waals surface area contributed by atoms with E-state index >= 15 is 0 Å². The van der Waals surface area contributed by atoms with Crippen LogP contribution in [0.2, 0.25) is 0 Å². The lowest BCUT2D eigenvalue weighted by Gasteiger charge is -2.34.